The second kappa shape index (κ2) is 5.30. The van der Waals surface area contributed by atoms with E-state index in [1.165, 1.54) is 12.8 Å². The number of aromatic nitrogens is 2. The van der Waals surface area contributed by atoms with Gasteiger partial charge in [0.05, 0.1) is 11.2 Å². The zero-order chi connectivity index (χ0) is 15.9. The molecule has 0 radical (unpaired) electrons. The van der Waals surface area contributed by atoms with Crippen LogP contribution >= 0.6 is 0 Å². The summed E-state index contributed by atoms with van der Waals surface area (Å²) in [5.41, 5.74) is 2.45. The number of nitrogens with zero attached hydrogens (tertiary/aromatic N) is 2. The molecule has 0 saturated heterocycles. The minimum atomic E-state index is -0.500. The van der Waals surface area contributed by atoms with E-state index in [-0.39, 0.29) is 0 Å². The van der Waals surface area contributed by atoms with Gasteiger partial charge in [-0.15, -0.1) is 0 Å². The molecule has 0 aliphatic heterocycles. The third-order valence-electron chi connectivity index (χ3n) is 3.75. The molecule has 5 nitrogen and oxygen atoms in total. The number of carbonyl (C=O) groups is 1. The molecule has 1 heterocycles. The van der Waals surface area contributed by atoms with Crippen LogP contribution in [0.15, 0.2) is 18.2 Å². The Balaban J connectivity index is 1.83. The lowest BCUT2D eigenvalue weighted by molar-refractivity contribution is 0.0636. The van der Waals surface area contributed by atoms with Gasteiger partial charge < -0.3 is 4.74 Å². The highest BCUT2D eigenvalue weighted by atomic mass is 16.6. The lowest BCUT2D eigenvalue weighted by Gasteiger charge is -2.19. The maximum atomic E-state index is 11.9. The smallest absolute Gasteiger partial charge is 0.412 e. The highest BCUT2D eigenvalue weighted by molar-refractivity contribution is 5.91. The molecule has 1 saturated carbocycles. The number of benzene rings is 1. The Labute approximate surface area is 130 Å². The number of nitrogens with one attached hydrogen (secondary N) is 1. The van der Waals surface area contributed by atoms with E-state index in [4.69, 9.17) is 4.74 Å². The fourth-order valence-corrected chi connectivity index (χ4v) is 2.58. The molecule has 1 aliphatic rings. The molecular formula is C17H23N3O2. The van der Waals surface area contributed by atoms with Crippen molar-refractivity contribution < 1.29 is 9.53 Å². The average molecular weight is 301 g/mol. The number of hydrogen-bond donors (Lipinski definition) is 1. The first kappa shape index (κ1) is 14.9. The first-order valence-electron chi connectivity index (χ1n) is 7.77. The van der Waals surface area contributed by atoms with Crippen molar-refractivity contribution >= 4 is 22.7 Å². The third kappa shape index (κ3) is 3.40. The van der Waals surface area contributed by atoms with Crippen LogP contribution in [0.3, 0.4) is 0 Å². The second-order valence-electron chi connectivity index (χ2n) is 7.08. The number of hydrogen-bond acceptors (Lipinski definition) is 3. The van der Waals surface area contributed by atoms with Gasteiger partial charge in [0, 0.05) is 18.1 Å². The number of fused-ring (bicyclic) bond motifs is 1. The van der Waals surface area contributed by atoms with Gasteiger partial charge in [-0.25, -0.2) is 4.79 Å². The molecule has 3 rings (SSSR count). The van der Waals surface area contributed by atoms with Gasteiger partial charge in [0.15, 0.2) is 0 Å². The molecule has 1 fully saturated rings. The molecule has 2 aromatic rings. The van der Waals surface area contributed by atoms with Crippen molar-refractivity contribution in [3.8, 4) is 0 Å². The molecule has 0 bridgehead atoms. The van der Waals surface area contributed by atoms with Gasteiger partial charge in [0.2, 0.25) is 0 Å². The fraction of sp³-hybridized carbons (Fsp3) is 0.529. The summed E-state index contributed by atoms with van der Waals surface area (Å²) in [7, 11) is 1.96. The van der Waals surface area contributed by atoms with E-state index in [0.29, 0.717) is 0 Å². The standard InChI is InChI=1S/C17H23N3O2/c1-17(2,3)22-16(21)18-12-7-8-15-13(10-12)14(19-20(15)4)9-11-5-6-11/h7-8,10-11H,5-6,9H2,1-4H3,(H,18,21). The normalized spacial score (nSPS) is 15.1. The summed E-state index contributed by atoms with van der Waals surface area (Å²) >= 11 is 0. The molecule has 1 aromatic carbocycles. The molecule has 1 aliphatic carbocycles. The van der Waals surface area contributed by atoms with Crippen molar-refractivity contribution in [2.75, 3.05) is 5.32 Å². The summed E-state index contributed by atoms with van der Waals surface area (Å²) in [4.78, 5) is 11.9. The second-order valence-corrected chi connectivity index (χ2v) is 7.08. The Morgan fingerprint density at radius 1 is 1.41 bits per heavy atom. The summed E-state index contributed by atoms with van der Waals surface area (Å²) < 4.78 is 7.20. The minimum Gasteiger partial charge on any atom is -0.444 e. The highest BCUT2D eigenvalue weighted by Gasteiger charge is 2.24. The lowest BCUT2D eigenvalue weighted by atomic mass is 10.1. The first-order valence-corrected chi connectivity index (χ1v) is 7.77. The van der Waals surface area contributed by atoms with Crippen LogP contribution < -0.4 is 5.32 Å². The minimum absolute atomic E-state index is 0.431. The van der Waals surface area contributed by atoms with Crippen LogP contribution in [-0.2, 0) is 18.2 Å². The molecule has 5 heteroatoms. The molecular weight excluding hydrogens is 278 g/mol. The zero-order valence-corrected chi connectivity index (χ0v) is 13.6. The molecule has 22 heavy (non-hydrogen) atoms. The van der Waals surface area contributed by atoms with Crippen molar-refractivity contribution in [1.29, 1.82) is 0 Å². The van der Waals surface area contributed by atoms with E-state index in [1.807, 2.05) is 50.7 Å². The maximum absolute atomic E-state index is 11.9. The van der Waals surface area contributed by atoms with E-state index >= 15 is 0 Å². The van der Waals surface area contributed by atoms with Crippen LogP contribution in [-0.4, -0.2) is 21.5 Å². The Kier molecular flexibility index (Phi) is 3.59. The molecule has 0 spiro atoms. The van der Waals surface area contributed by atoms with Gasteiger partial charge in [-0.2, -0.15) is 5.10 Å². The van der Waals surface area contributed by atoms with Gasteiger partial charge in [0.25, 0.3) is 0 Å². The maximum Gasteiger partial charge on any atom is 0.412 e. The summed E-state index contributed by atoms with van der Waals surface area (Å²) in [6, 6.07) is 5.87. The van der Waals surface area contributed by atoms with Crippen molar-refractivity contribution in [2.45, 2.75) is 45.6 Å². The summed E-state index contributed by atoms with van der Waals surface area (Å²) in [6.07, 6.45) is 3.19. The number of ether oxygens (including phenoxy) is 1. The van der Waals surface area contributed by atoms with E-state index in [0.717, 1.165) is 34.6 Å². The molecule has 0 atom stereocenters. The van der Waals surface area contributed by atoms with Crippen molar-refractivity contribution in [3.63, 3.8) is 0 Å². The quantitative estimate of drug-likeness (QED) is 0.936. The van der Waals surface area contributed by atoms with E-state index in [1.54, 1.807) is 0 Å². The zero-order valence-electron chi connectivity index (χ0n) is 13.6. The monoisotopic (exact) mass is 301 g/mol. The summed E-state index contributed by atoms with van der Waals surface area (Å²) in [5.74, 6) is 0.778. The predicted octanol–water partition coefficient (Wildman–Crippen LogP) is 3.87. The Hall–Kier alpha value is -2.04. The summed E-state index contributed by atoms with van der Waals surface area (Å²) in [5, 5.41) is 8.53. The van der Waals surface area contributed by atoms with E-state index in [2.05, 4.69) is 10.4 Å². The number of rotatable bonds is 3. The summed E-state index contributed by atoms with van der Waals surface area (Å²) in [6.45, 7) is 5.56. The third-order valence-corrected chi connectivity index (χ3v) is 3.75. The molecule has 1 N–H and O–H groups in total. The first-order chi connectivity index (χ1) is 10.3. The van der Waals surface area contributed by atoms with Crippen molar-refractivity contribution in [1.82, 2.24) is 9.78 Å². The largest absolute Gasteiger partial charge is 0.444 e. The van der Waals surface area contributed by atoms with Gasteiger partial charge >= 0.3 is 6.09 Å². The highest BCUT2D eigenvalue weighted by Crippen LogP contribution is 2.34. The van der Waals surface area contributed by atoms with Crippen LogP contribution in [0.5, 0.6) is 0 Å². The Morgan fingerprint density at radius 2 is 2.14 bits per heavy atom. The van der Waals surface area contributed by atoms with Crippen LogP contribution in [0.2, 0.25) is 0 Å². The Morgan fingerprint density at radius 3 is 2.77 bits per heavy atom. The molecule has 1 aromatic heterocycles. The lowest BCUT2D eigenvalue weighted by Crippen LogP contribution is -2.27. The number of anilines is 1. The fourth-order valence-electron chi connectivity index (χ4n) is 2.58. The molecule has 118 valence electrons. The van der Waals surface area contributed by atoms with E-state index in [9.17, 15) is 4.79 Å². The topological polar surface area (TPSA) is 56.2 Å². The number of carbonyl (C=O) groups excluding carboxylic acids is 1. The van der Waals surface area contributed by atoms with Crippen LogP contribution in [0.4, 0.5) is 10.5 Å². The number of aryl methyl sites for hydroxylation is 1. The van der Waals surface area contributed by atoms with Crippen LogP contribution in [0, 0.1) is 5.92 Å². The van der Waals surface area contributed by atoms with Crippen molar-refractivity contribution in [2.24, 2.45) is 13.0 Å². The van der Waals surface area contributed by atoms with Gasteiger partial charge in [0.1, 0.15) is 5.60 Å². The van der Waals surface area contributed by atoms with E-state index < -0.39 is 11.7 Å². The Bertz CT molecular complexity index is 708. The van der Waals surface area contributed by atoms with Crippen LogP contribution in [0.1, 0.15) is 39.3 Å². The SMILES string of the molecule is Cn1nc(CC2CC2)c2cc(NC(=O)OC(C)(C)C)ccc21. The molecule has 1 amide bonds. The predicted molar refractivity (Wildman–Crippen MR) is 87.0 cm³/mol. The van der Waals surface area contributed by atoms with Gasteiger partial charge in [-0.05, 0) is 64.2 Å². The van der Waals surface area contributed by atoms with Crippen molar-refractivity contribution in [3.05, 3.63) is 23.9 Å². The van der Waals surface area contributed by atoms with Gasteiger partial charge in [-0.1, -0.05) is 0 Å². The van der Waals surface area contributed by atoms with Gasteiger partial charge in [-0.3, -0.25) is 10.00 Å². The number of amides is 1. The molecule has 0 unspecified atom stereocenters. The average Bonchev–Trinajstić information content (AvgIpc) is 3.14. The van der Waals surface area contributed by atoms with Crippen LogP contribution in [0.25, 0.3) is 10.9 Å².